The largest absolute Gasteiger partial charge is 0.300 e. The van der Waals surface area contributed by atoms with Crippen LogP contribution in [0.3, 0.4) is 0 Å². The Morgan fingerprint density at radius 3 is 2.70 bits per heavy atom. The summed E-state index contributed by atoms with van der Waals surface area (Å²) in [6, 6.07) is 9.10. The second kappa shape index (κ2) is 4.46. The van der Waals surface area contributed by atoms with Crippen LogP contribution in [0, 0.1) is 31.0 Å². The highest BCUT2D eigenvalue weighted by Gasteiger charge is 2.12. The summed E-state index contributed by atoms with van der Waals surface area (Å²) in [6.07, 6.45) is 3.46. The van der Waals surface area contributed by atoms with Crippen LogP contribution in [-0.2, 0) is 0 Å². The van der Waals surface area contributed by atoms with Crippen molar-refractivity contribution in [2.24, 2.45) is 0 Å². The number of pyridine rings is 1. The number of hydrogen-bond donors (Lipinski definition) is 0. The summed E-state index contributed by atoms with van der Waals surface area (Å²) < 4.78 is 15.5. The zero-order valence-electron chi connectivity index (χ0n) is 11.2. The summed E-state index contributed by atoms with van der Waals surface area (Å²) >= 11 is 0. The standard InChI is InChI=1S/C16H12FN3/c1-10-3-4-16(19-8-10)20-9-12(7-18)13-6-14(17)11(2)5-15(13)20/h3-6,8-9H,1-2H3. The summed E-state index contributed by atoms with van der Waals surface area (Å²) in [5, 5.41) is 9.80. The molecule has 0 bridgehead atoms. The van der Waals surface area contributed by atoms with Crippen LogP contribution >= 0.6 is 0 Å². The maximum absolute atomic E-state index is 13.7. The lowest BCUT2D eigenvalue weighted by molar-refractivity contribution is 0.620. The quantitative estimate of drug-likeness (QED) is 0.674. The van der Waals surface area contributed by atoms with Crippen LogP contribution in [0.15, 0.2) is 36.7 Å². The minimum Gasteiger partial charge on any atom is -0.300 e. The third-order valence-corrected chi connectivity index (χ3v) is 3.35. The normalized spacial score (nSPS) is 10.7. The second-order valence-electron chi connectivity index (χ2n) is 4.84. The van der Waals surface area contributed by atoms with Gasteiger partial charge in [0.05, 0.1) is 11.1 Å². The van der Waals surface area contributed by atoms with Gasteiger partial charge in [0, 0.05) is 17.8 Å². The fourth-order valence-corrected chi connectivity index (χ4v) is 2.23. The summed E-state index contributed by atoms with van der Waals surface area (Å²) in [5.41, 5.74) is 2.85. The van der Waals surface area contributed by atoms with Crippen molar-refractivity contribution >= 4 is 10.9 Å². The van der Waals surface area contributed by atoms with Crippen molar-refractivity contribution in [2.45, 2.75) is 13.8 Å². The molecule has 0 amide bonds. The van der Waals surface area contributed by atoms with E-state index in [1.807, 2.05) is 23.6 Å². The summed E-state index contributed by atoms with van der Waals surface area (Å²) in [6.45, 7) is 3.67. The van der Waals surface area contributed by atoms with Gasteiger partial charge < -0.3 is 0 Å². The predicted octanol–water partition coefficient (Wildman–Crippen LogP) is 3.65. The number of nitrogens with zero attached hydrogens (tertiary/aromatic N) is 3. The number of benzene rings is 1. The van der Waals surface area contributed by atoms with E-state index in [0.717, 1.165) is 11.1 Å². The fraction of sp³-hybridized carbons (Fsp3) is 0.125. The molecule has 3 rings (SSSR count). The van der Waals surface area contributed by atoms with Crippen LogP contribution in [0.25, 0.3) is 16.7 Å². The van der Waals surface area contributed by atoms with Crippen LogP contribution in [0.5, 0.6) is 0 Å². The first-order valence-electron chi connectivity index (χ1n) is 6.24. The molecule has 0 radical (unpaired) electrons. The van der Waals surface area contributed by atoms with Crippen molar-refractivity contribution in [3.05, 3.63) is 59.2 Å². The zero-order chi connectivity index (χ0) is 14.3. The molecule has 3 nitrogen and oxygen atoms in total. The van der Waals surface area contributed by atoms with Gasteiger partial charge in [-0.2, -0.15) is 5.26 Å². The molecule has 3 aromatic rings. The number of rotatable bonds is 1. The van der Waals surface area contributed by atoms with Gasteiger partial charge in [-0.15, -0.1) is 0 Å². The Balaban J connectivity index is 2.34. The van der Waals surface area contributed by atoms with Gasteiger partial charge in [-0.25, -0.2) is 9.37 Å². The first kappa shape index (κ1) is 12.4. The first-order valence-corrected chi connectivity index (χ1v) is 6.24. The van der Waals surface area contributed by atoms with E-state index in [2.05, 4.69) is 11.1 Å². The van der Waals surface area contributed by atoms with Crippen LogP contribution < -0.4 is 0 Å². The van der Waals surface area contributed by atoms with E-state index in [1.54, 1.807) is 25.4 Å². The lowest BCUT2D eigenvalue weighted by Gasteiger charge is -2.05. The van der Waals surface area contributed by atoms with E-state index in [0.29, 0.717) is 22.3 Å². The van der Waals surface area contributed by atoms with Gasteiger partial charge in [-0.3, -0.25) is 4.57 Å². The average molecular weight is 265 g/mol. The number of nitriles is 1. The molecule has 0 saturated carbocycles. The predicted molar refractivity (Wildman–Crippen MR) is 75.2 cm³/mol. The first-order chi connectivity index (χ1) is 9.60. The van der Waals surface area contributed by atoms with E-state index < -0.39 is 0 Å². The van der Waals surface area contributed by atoms with Gasteiger partial charge in [0.25, 0.3) is 0 Å². The summed E-state index contributed by atoms with van der Waals surface area (Å²) in [7, 11) is 0. The van der Waals surface area contributed by atoms with E-state index in [-0.39, 0.29) is 5.82 Å². The van der Waals surface area contributed by atoms with Crippen LogP contribution in [0.1, 0.15) is 16.7 Å². The molecule has 0 atom stereocenters. The number of aryl methyl sites for hydroxylation is 2. The number of hydrogen-bond acceptors (Lipinski definition) is 2. The Labute approximate surface area is 115 Å². The topological polar surface area (TPSA) is 41.6 Å². The number of aromatic nitrogens is 2. The molecule has 0 aliphatic rings. The minimum absolute atomic E-state index is 0.302. The van der Waals surface area contributed by atoms with Gasteiger partial charge in [0.15, 0.2) is 0 Å². The number of fused-ring (bicyclic) bond motifs is 1. The summed E-state index contributed by atoms with van der Waals surface area (Å²) in [5.74, 6) is 0.414. The highest BCUT2D eigenvalue weighted by molar-refractivity contribution is 5.88. The average Bonchev–Trinajstić information content (AvgIpc) is 2.78. The minimum atomic E-state index is -0.302. The smallest absolute Gasteiger partial charge is 0.137 e. The van der Waals surface area contributed by atoms with Crippen molar-refractivity contribution in [3.8, 4) is 11.9 Å². The third kappa shape index (κ3) is 1.84. The van der Waals surface area contributed by atoms with Crippen LogP contribution in [0.2, 0.25) is 0 Å². The van der Waals surface area contributed by atoms with Gasteiger partial charge in [-0.1, -0.05) is 6.07 Å². The highest BCUT2D eigenvalue weighted by Crippen LogP contribution is 2.26. The van der Waals surface area contributed by atoms with E-state index in [1.165, 1.54) is 6.07 Å². The molecule has 0 spiro atoms. The van der Waals surface area contributed by atoms with E-state index in [9.17, 15) is 9.65 Å². The molecular weight excluding hydrogens is 253 g/mol. The molecule has 0 saturated heterocycles. The Morgan fingerprint density at radius 2 is 2.05 bits per heavy atom. The van der Waals surface area contributed by atoms with Crippen molar-refractivity contribution in [2.75, 3.05) is 0 Å². The molecule has 0 N–H and O–H groups in total. The lowest BCUT2D eigenvalue weighted by atomic mass is 10.1. The molecule has 98 valence electrons. The van der Waals surface area contributed by atoms with Gasteiger partial charge in [-0.05, 0) is 43.2 Å². The molecule has 0 unspecified atom stereocenters. The molecule has 20 heavy (non-hydrogen) atoms. The molecular formula is C16H12FN3. The van der Waals surface area contributed by atoms with Crippen LogP contribution in [0.4, 0.5) is 4.39 Å². The van der Waals surface area contributed by atoms with Crippen LogP contribution in [-0.4, -0.2) is 9.55 Å². The molecule has 4 heteroatoms. The van der Waals surface area contributed by atoms with Crippen molar-refractivity contribution in [1.82, 2.24) is 9.55 Å². The SMILES string of the molecule is Cc1ccc(-n2cc(C#N)c3cc(F)c(C)cc32)nc1. The van der Waals surface area contributed by atoms with E-state index >= 15 is 0 Å². The molecule has 0 aliphatic carbocycles. The maximum Gasteiger partial charge on any atom is 0.137 e. The second-order valence-corrected chi connectivity index (χ2v) is 4.84. The fourth-order valence-electron chi connectivity index (χ4n) is 2.23. The third-order valence-electron chi connectivity index (χ3n) is 3.35. The Hall–Kier alpha value is -2.67. The monoisotopic (exact) mass is 265 g/mol. The molecule has 1 aromatic carbocycles. The van der Waals surface area contributed by atoms with Crippen molar-refractivity contribution in [3.63, 3.8) is 0 Å². The summed E-state index contributed by atoms with van der Waals surface area (Å²) in [4.78, 5) is 4.36. The van der Waals surface area contributed by atoms with Crippen molar-refractivity contribution in [1.29, 1.82) is 5.26 Å². The maximum atomic E-state index is 13.7. The molecule has 0 fully saturated rings. The Kier molecular flexibility index (Phi) is 2.76. The Morgan fingerprint density at radius 1 is 1.25 bits per heavy atom. The lowest BCUT2D eigenvalue weighted by Crippen LogP contribution is -1.96. The molecule has 2 heterocycles. The zero-order valence-corrected chi connectivity index (χ0v) is 11.2. The van der Waals surface area contributed by atoms with Gasteiger partial charge in [0.2, 0.25) is 0 Å². The van der Waals surface area contributed by atoms with Gasteiger partial charge >= 0.3 is 0 Å². The number of halogens is 1. The highest BCUT2D eigenvalue weighted by atomic mass is 19.1. The molecule has 0 aliphatic heterocycles. The molecule has 2 aromatic heterocycles. The van der Waals surface area contributed by atoms with Gasteiger partial charge in [0.1, 0.15) is 17.7 Å². The van der Waals surface area contributed by atoms with E-state index in [4.69, 9.17) is 0 Å². The van der Waals surface area contributed by atoms with Crippen molar-refractivity contribution < 1.29 is 4.39 Å². The Bertz CT molecular complexity index is 839.